The second kappa shape index (κ2) is 5.47. The summed E-state index contributed by atoms with van der Waals surface area (Å²) in [5.41, 5.74) is 3.95. The van der Waals surface area contributed by atoms with Crippen molar-refractivity contribution in [3.8, 4) is 0 Å². The van der Waals surface area contributed by atoms with Crippen LogP contribution >= 0.6 is 27.5 Å². The molecule has 5 heteroatoms. The van der Waals surface area contributed by atoms with Gasteiger partial charge in [0, 0.05) is 22.0 Å². The van der Waals surface area contributed by atoms with Gasteiger partial charge in [0.15, 0.2) is 0 Å². The summed E-state index contributed by atoms with van der Waals surface area (Å²) >= 11 is 9.53. The van der Waals surface area contributed by atoms with Crippen molar-refractivity contribution in [3.05, 3.63) is 33.3 Å². The summed E-state index contributed by atoms with van der Waals surface area (Å²) in [7, 11) is 0. The van der Waals surface area contributed by atoms with Gasteiger partial charge in [-0.15, -0.1) is 0 Å². The van der Waals surface area contributed by atoms with Gasteiger partial charge < -0.3 is 4.74 Å². The van der Waals surface area contributed by atoms with Crippen LogP contribution < -0.4 is 11.3 Å². The van der Waals surface area contributed by atoms with Gasteiger partial charge in [-0.3, -0.25) is 11.3 Å². The molecule has 88 valence electrons. The number of rotatable bonds is 3. The summed E-state index contributed by atoms with van der Waals surface area (Å²) in [5, 5.41) is 0.720. The summed E-state index contributed by atoms with van der Waals surface area (Å²) in [6.07, 6.45) is 1.02. The lowest BCUT2D eigenvalue weighted by Gasteiger charge is -2.23. The van der Waals surface area contributed by atoms with E-state index < -0.39 is 0 Å². The lowest BCUT2D eigenvalue weighted by molar-refractivity contribution is 0.176. The van der Waals surface area contributed by atoms with Crippen LogP contribution in [0.4, 0.5) is 0 Å². The first-order valence-corrected chi connectivity index (χ1v) is 6.38. The van der Waals surface area contributed by atoms with Gasteiger partial charge in [-0.25, -0.2) is 0 Å². The summed E-state index contributed by atoms with van der Waals surface area (Å²) in [6, 6.07) is 5.82. The average molecular weight is 306 g/mol. The van der Waals surface area contributed by atoms with Crippen molar-refractivity contribution in [2.45, 2.75) is 12.5 Å². The van der Waals surface area contributed by atoms with Gasteiger partial charge in [0.2, 0.25) is 0 Å². The first-order chi connectivity index (χ1) is 7.72. The number of nitrogens with two attached hydrogens (primary N) is 1. The summed E-state index contributed by atoms with van der Waals surface area (Å²) < 4.78 is 6.41. The molecule has 0 aliphatic carbocycles. The van der Waals surface area contributed by atoms with Crippen molar-refractivity contribution in [1.82, 2.24) is 5.43 Å². The van der Waals surface area contributed by atoms with Crippen LogP contribution in [0.5, 0.6) is 0 Å². The minimum atomic E-state index is 0.0792. The van der Waals surface area contributed by atoms with Crippen molar-refractivity contribution in [2.75, 3.05) is 13.2 Å². The number of hydrogen-bond acceptors (Lipinski definition) is 3. The highest BCUT2D eigenvalue weighted by molar-refractivity contribution is 9.10. The molecule has 2 atom stereocenters. The minimum absolute atomic E-state index is 0.0792. The van der Waals surface area contributed by atoms with E-state index in [1.807, 2.05) is 18.2 Å². The van der Waals surface area contributed by atoms with Crippen LogP contribution in [0.25, 0.3) is 0 Å². The minimum Gasteiger partial charge on any atom is -0.381 e. The highest BCUT2D eigenvalue weighted by Crippen LogP contribution is 2.33. The van der Waals surface area contributed by atoms with Crippen LogP contribution in [-0.4, -0.2) is 13.2 Å². The molecular formula is C11H14BrClN2O. The van der Waals surface area contributed by atoms with Gasteiger partial charge >= 0.3 is 0 Å². The molecule has 0 spiro atoms. The van der Waals surface area contributed by atoms with E-state index in [1.165, 1.54) is 0 Å². The lowest BCUT2D eigenvalue weighted by atomic mass is 9.93. The molecule has 1 aromatic carbocycles. The fourth-order valence-corrected chi connectivity index (χ4v) is 2.72. The third kappa shape index (κ3) is 2.57. The Kier molecular flexibility index (Phi) is 4.21. The molecule has 3 nitrogen and oxygen atoms in total. The first-order valence-electron chi connectivity index (χ1n) is 5.21. The topological polar surface area (TPSA) is 47.3 Å². The molecule has 0 bridgehead atoms. The Labute approximate surface area is 108 Å². The molecule has 1 saturated heterocycles. The molecule has 2 rings (SSSR count). The molecule has 0 saturated carbocycles. The fourth-order valence-electron chi connectivity index (χ4n) is 2.05. The Morgan fingerprint density at radius 2 is 2.38 bits per heavy atom. The van der Waals surface area contributed by atoms with E-state index in [9.17, 15) is 0 Å². The Morgan fingerprint density at radius 3 is 3.00 bits per heavy atom. The van der Waals surface area contributed by atoms with E-state index in [0.717, 1.165) is 34.7 Å². The molecule has 2 unspecified atom stereocenters. The highest BCUT2D eigenvalue weighted by Gasteiger charge is 2.27. The summed E-state index contributed by atoms with van der Waals surface area (Å²) in [4.78, 5) is 0. The van der Waals surface area contributed by atoms with E-state index >= 15 is 0 Å². The van der Waals surface area contributed by atoms with Crippen molar-refractivity contribution in [2.24, 2.45) is 11.8 Å². The molecule has 1 aliphatic heterocycles. The second-order valence-corrected chi connectivity index (χ2v) is 5.22. The molecule has 16 heavy (non-hydrogen) atoms. The molecule has 3 N–H and O–H groups in total. The molecule has 0 radical (unpaired) electrons. The van der Waals surface area contributed by atoms with E-state index in [4.69, 9.17) is 22.2 Å². The number of nitrogens with one attached hydrogen (secondary N) is 1. The van der Waals surface area contributed by atoms with E-state index in [-0.39, 0.29) is 6.04 Å². The molecule has 1 aromatic rings. The monoisotopic (exact) mass is 304 g/mol. The summed E-state index contributed by atoms with van der Waals surface area (Å²) in [6.45, 7) is 1.55. The highest BCUT2D eigenvalue weighted by atomic mass is 79.9. The Bertz CT molecular complexity index is 369. The van der Waals surface area contributed by atoms with Crippen molar-refractivity contribution >= 4 is 27.5 Å². The number of hydrazine groups is 1. The Balaban J connectivity index is 2.28. The number of benzene rings is 1. The van der Waals surface area contributed by atoms with Crippen molar-refractivity contribution in [1.29, 1.82) is 0 Å². The van der Waals surface area contributed by atoms with Crippen LogP contribution in [-0.2, 0) is 4.74 Å². The molecule has 1 aliphatic rings. The predicted octanol–water partition coefficient (Wildman–Crippen LogP) is 2.64. The maximum Gasteiger partial charge on any atom is 0.0522 e. The fraction of sp³-hybridized carbons (Fsp3) is 0.455. The first kappa shape index (κ1) is 12.3. The molecular weight excluding hydrogens is 291 g/mol. The number of hydrogen-bond donors (Lipinski definition) is 2. The number of halogens is 2. The van der Waals surface area contributed by atoms with E-state index in [1.54, 1.807) is 0 Å². The normalized spacial score (nSPS) is 22.3. The maximum absolute atomic E-state index is 6.00. The smallest absolute Gasteiger partial charge is 0.0522 e. The lowest BCUT2D eigenvalue weighted by Crippen LogP contribution is -2.34. The third-order valence-electron chi connectivity index (χ3n) is 2.91. The largest absolute Gasteiger partial charge is 0.381 e. The molecule has 0 amide bonds. The van der Waals surface area contributed by atoms with E-state index in [0.29, 0.717) is 5.92 Å². The zero-order chi connectivity index (χ0) is 11.5. The Hall–Kier alpha value is -0.130. The second-order valence-electron chi connectivity index (χ2n) is 3.93. The average Bonchev–Trinajstić information content (AvgIpc) is 2.78. The van der Waals surface area contributed by atoms with Gasteiger partial charge in [-0.05, 0) is 30.2 Å². The third-order valence-corrected chi connectivity index (χ3v) is 3.87. The van der Waals surface area contributed by atoms with Crippen molar-refractivity contribution < 1.29 is 4.74 Å². The van der Waals surface area contributed by atoms with Crippen LogP contribution in [0.15, 0.2) is 22.7 Å². The van der Waals surface area contributed by atoms with Gasteiger partial charge in [-0.1, -0.05) is 27.5 Å². The SMILES string of the molecule is NNC(c1cc(Cl)ccc1Br)C1CCOC1. The zero-order valence-corrected chi connectivity index (χ0v) is 11.1. The van der Waals surface area contributed by atoms with Crippen LogP contribution in [0, 0.1) is 5.92 Å². The van der Waals surface area contributed by atoms with Crippen LogP contribution in [0.1, 0.15) is 18.0 Å². The van der Waals surface area contributed by atoms with Gasteiger partial charge in [0.05, 0.1) is 12.6 Å². The van der Waals surface area contributed by atoms with Crippen molar-refractivity contribution in [3.63, 3.8) is 0 Å². The molecule has 1 heterocycles. The summed E-state index contributed by atoms with van der Waals surface area (Å²) in [5.74, 6) is 6.04. The van der Waals surface area contributed by atoms with Gasteiger partial charge in [0.1, 0.15) is 0 Å². The number of ether oxygens (including phenoxy) is 1. The van der Waals surface area contributed by atoms with Gasteiger partial charge in [0.25, 0.3) is 0 Å². The van der Waals surface area contributed by atoms with Crippen LogP contribution in [0.3, 0.4) is 0 Å². The van der Waals surface area contributed by atoms with E-state index in [2.05, 4.69) is 21.4 Å². The molecule has 0 aromatic heterocycles. The Morgan fingerprint density at radius 1 is 1.56 bits per heavy atom. The standard InChI is InChI=1S/C11H14BrClN2O/c12-10-2-1-8(13)5-9(10)11(15-14)7-3-4-16-6-7/h1-2,5,7,11,15H,3-4,6,14H2. The van der Waals surface area contributed by atoms with Crippen LogP contribution in [0.2, 0.25) is 5.02 Å². The zero-order valence-electron chi connectivity index (χ0n) is 8.75. The quantitative estimate of drug-likeness (QED) is 0.667. The molecule has 1 fully saturated rings. The predicted molar refractivity (Wildman–Crippen MR) is 68.1 cm³/mol. The van der Waals surface area contributed by atoms with Gasteiger partial charge in [-0.2, -0.15) is 0 Å². The maximum atomic E-state index is 6.00.